The van der Waals surface area contributed by atoms with Gasteiger partial charge in [-0.25, -0.2) is 4.79 Å². The number of methoxy groups -OCH3 is 2. The van der Waals surface area contributed by atoms with Crippen molar-refractivity contribution in [3.63, 3.8) is 0 Å². The Morgan fingerprint density at radius 3 is 2.58 bits per heavy atom. The van der Waals surface area contributed by atoms with Crippen LogP contribution >= 0.6 is 0 Å². The Bertz CT molecular complexity index is 1380. The maximum absolute atomic E-state index is 12.3. The number of hydrogen-bond donors (Lipinski definition) is 1. The molecule has 6 nitrogen and oxygen atoms in total. The van der Waals surface area contributed by atoms with Crippen LogP contribution in [-0.2, 0) is 13.1 Å². The van der Waals surface area contributed by atoms with E-state index in [-0.39, 0.29) is 5.63 Å². The second kappa shape index (κ2) is 8.64. The molecule has 1 N–H and O–H groups in total. The summed E-state index contributed by atoms with van der Waals surface area (Å²) in [5.41, 5.74) is 5.13. The Balaban J connectivity index is 1.53. The van der Waals surface area contributed by atoms with Gasteiger partial charge in [0.25, 0.3) is 0 Å². The Kier molecular flexibility index (Phi) is 5.52. The highest BCUT2D eigenvalue weighted by Crippen LogP contribution is 2.36. The Labute approximate surface area is 191 Å². The van der Waals surface area contributed by atoms with Crippen LogP contribution in [0.5, 0.6) is 17.2 Å². The highest BCUT2D eigenvalue weighted by atomic mass is 16.5. The Morgan fingerprint density at radius 1 is 1.00 bits per heavy atom. The number of hydrogen-bond acceptors (Lipinski definition) is 5. The van der Waals surface area contributed by atoms with Crippen LogP contribution in [0.1, 0.15) is 16.7 Å². The van der Waals surface area contributed by atoms with Gasteiger partial charge in [-0.05, 0) is 36.2 Å². The summed E-state index contributed by atoms with van der Waals surface area (Å²) in [5, 5.41) is 0.920. The van der Waals surface area contributed by atoms with Crippen molar-refractivity contribution in [2.24, 2.45) is 0 Å². The Hall–Kier alpha value is -3.77. The smallest absolute Gasteiger partial charge is 0.336 e. The fourth-order valence-corrected chi connectivity index (χ4v) is 4.57. The van der Waals surface area contributed by atoms with E-state index < -0.39 is 0 Å². The molecule has 0 fully saturated rings. The standard InChI is InChI=1S/C27H25NO5/c1-17-26-20(11-23-22(13-25(29)33-27(17)23)18-7-5-4-6-8-18)15-28(16-32-26)14-19-9-10-21(30-2)12-24(19)31-3/h4-13H,14-16H2,1-3H3/p+1. The second-order valence-corrected chi connectivity index (χ2v) is 8.28. The van der Waals surface area contributed by atoms with Gasteiger partial charge in [0.15, 0.2) is 0 Å². The fourth-order valence-electron chi connectivity index (χ4n) is 4.57. The van der Waals surface area contributed by atoms with Crippen molar-refractivity contribution in [2.45, 2.75) is 20.0 Å². The first kappa shape index (κ1) is 21.1. The van der Waals surface area contributed by atoms with E-state index in [1.165, 1.54) is 4.90 Å². The van der Waals surface area contributed by atoms with E-state index >= 15 is 0 Å². The SMILES string of the molecule is COc1ccc(C[NH+]2COc3c(cc4c(-c5ccccc5)cc(=O)oc4c3C)C2)c(OC)c1. The summed E-state index contributed by atoms with van der Waals surface area (Å²) in [4.78, 5) is 13.6. The number of aryl methyl sites for hydroxylation is 1. The zero-order chi connectivity index (χ0) is 22.9. The number of benzene rings is 3. The second-order valence-electron chi connectivity index (χ2n) is 8.28. The minimum atomic E-state index is -0.362. The average Bonchev–Trinajstić information content (AvgIpc) is 2.85. The number of fused-ring (bicyclic) bond motifs is 2. The lowest BCUT2D eigenvalue weighted by Crippen LogP contribution is -3.10. The van der Waals surface area contributed by atoms with Crippen LogP contribution in [0, 0.1) is 6.92 Å². The minimum Gasteiger partial charge on any atom is -0.497 e. The molecule has 0 radical (unpaired) electrons. The summed E-state index contributed by atoms with van der Waals surface area (Å²) in [5.74, 6) is 2.37. The van der Waals surface area contributed by atoms with Gasteiger partial charge < -0.3 is 18.6 Å². The summed E-state index contributed by atoms with van der Waals surface area (Å²) in [6, 6.07) is 19.5. The topological polar surface area (TPSA) is 62.3 Å². The van der Waals surface area contributed by atoms with Crippen molar-refractivity contribution in [3.05, 3.63) is 87.8 Å². The summed E-state index contributed by atoms with van der Waals surface area (Å²) < 4.78 is 22.7. The van der Waals surface area contributed by atoms with E-state index in [2.05, 4.69) is 6.07 Å². The third-order valence-electron chi connectivity index (χ3n) is 6.17. The van der Waals surface area contributed by atoms with Gasteiger partial charge in [-0.15, -0.1) is 0 Å². The highest BCUT2D eigenvalue weighted by Gasteiger charge is 2.26. The molecule has 1 aliphatic rings. The highest BCUT2D eigenvalue weighted by molar-refractivity contribution is 5.96. The van der Waals surface area contributed by atoms with E-state index in [0.29, 0.717) is 12.3 Å². The molecular formula is C27H26NO5+. The van der Waals surface area contributed by atoms with Crippen LogP contribution in [0.2, 0.25) is 0 Å². The quantitative estimate of drug-likeness (QED) is 0.476. The lowest BCUT2D eigenvalue weighted by molar-refractivity contribution is -0.945. The molecule has 0 amide bonds. The van der Waals surface area contributed by atoms with Crippen molar-refractivity contribution in [1.82, 2.24) is 0 Å². The van der Waals surface area contributed by atoms with Crippen molar-refractivity contribution in [1.29, 1.82) is 0 Å². The zero-order valence-electron chi connectivity index (χ0n) is 18.9. The molecule has 1 aliphatic heterocycles. The largest absolute Gasteiger partial charge is 0.497 e. The van der Waals surface area contributed by atoms with Gasteiger partial charge in [0.1, 0.15) is 35.9 Å². The predicted molar refractivity (Wildman–Crippen MR) is 126 cm³/mol. The molecule has 1 unspecified atom stereocenters. The minimum absolute atomic E-state index is 0.362. The van der Waals surface area contributed by atoms with Gasteiger partial charge in [0, 0.05) is 34.2 Å². The first-order chi connectivity index (χ1) is 16.1. The van der Waals surface area contributed by atoms with E-state index in [0.717, 1.165) is 63.5 Å². The van der Waals surface area contributed by atoms with Crippen LogP contribution in [-0.4, -0.2) is 21.0 Å². The summed E-state index contributed by atoms with van der Waals surface area (Å²) in [6.45, 7) is 4.00. The van der Waals surface area contributed by atoms with Crippen LogP contribution in [0.4, 0.5) is 0 Å². The third kappa shape index (κ3) is 3.94. The number of quaternary nitrogens is 1. The molecule has 1 aromatic heterocycles. The average molecular weight is 445 g/mol. The van der Waals surface area contributed by atoms with E-state index in [4.69, 9.17) is 18.6 Å². The van der Waals surface area contributed by atoms with Crippen LogP contribution in [0.3, 0.4) is 0 Å². The summed E-state index contributed by atoms with van der Waals surface area (Å²) in [6.07, 6.45) is 0. The van der Waals surface area contributed by atoms with Crippen molar-refractivity contribution < 1.29 is 23.5 Å². The normalized spacial score (nSPS) is 15.1. The van der Waals surface area contributed by atoms with Crippen molar-refractivity contribution >= 4 is 11.0 Å². The van der Waals surface area contributed by atoms with Gasteiger partial charge in [0.05, 0.1) is 14.2 Å². The molecule has 2 heterocycles. The van der Waals surface area contributed by atoms with Crippen molar-refractivity contribution in [2.75, 3.05) is 21.0 Å². The molecule has 4 aromatic rings. The van der Waals surface area contributed by atoms with Crippen molar-refractivity contribution in [3.8, 4) is 28.4 Å². The van der Waals surface area contributed by atoms with Gasteiger partial charge in [0.2, 0.25) is 6.73 Å². The van der Waals surface area contributed by atoms with Gasteiger partial charge in [-0.2, -0.15) is 0 Å². The molecule has 0 saturated carbocycles. The van der Waals surface area contributed by atoms with E-state index in [1.54, 1.807) is 20.3 Å². The predicted octanol–water partition coefficient (Wildman–Crippen LogP) is 3.72. The zero-order valence-corrected chi connectivity index (χ0v) is 18.9. The lowest BCUT2D eigenvalue weighted by Gasteiger charge is -2.28. The molecule has 0 bridgehead atoms. The van der Waals surface area contributed by atoms with E-state index in [1.807, 2.05) is 55.5 Å². The molecule has 33 heavy (non-hydrogen) atoms. The van der Waals surface area contributed by atoms with Gasteiger partial charge in [-0.1, -0.05) is 30.3 Å². The maximum atomic E-state index is 12.3. The first-order valence-corrected chi connectivity index (χ1v) is 10.9. The summed E-state index contributed by atoms with van der Waals surface area (Å²) in [7, 11) is 3.32. The molecule has 0 spiro atoms. The maximum Gasteiger partial charge on any atom is 0.336 e. The molecular weight excluding hydrogens is 418 g/mol. The number of ether oxygens (including phenoxy) is 3. The molecule has 3 aromatic carbocycles. The summed E-state index contributed by atoms with van der Waals surface area (Å²) >= 11 is 0. The molecule has 6 heteroatoms. The van der Waals surface area contributed by atoms with Gasteiger partial charge in [-0.3, -0.25) is 4.90 Å². The molecule has 0 aliphatic carbocycles. The monoisotopic (exact) mass is 444 g/mol. The van der Waals surface area contributed by atoms with Crippen LogP contribution in [0.25, 0.3) is 22.1 Å². The number of rotatable bonds is 5. The van der Waals surface area contributed by atoms with Crippen LogP contribution < -0.4 is 24.7 Å². The Morgan fingerprint density at radius 2 is 1.82 bits per heavy atom. The molecule has 168 valence electrons. The van der Waals surface area contributed by atoms with Gasteiger partial charge >= 0.3 is 5.63 Å². The number of nitrogens with one attached hydrogen (secondary N) is 1. The van der Waals surface area contributed by atoms with Crippen LogP contribution in [0.15, 0.2) is 69.9 Å². The van der Waals surface area contributed by atoms with E-state index in [9.17, 15) is 4.79 Å². The molecule has 0 saturated heterocycles. The molecule has 1 atom stereocenters. The molecule has 5 rings (SSSR count). The third-order valence-corrected chi connectivity index (χ3v) is 6.17. The first-order valence-electron chi connectivity index (χ1n) is 10.9. The fraction of sp³-hybridized carbons (Fsp3) is 0.222. The lowest BCUT2D eigenvalue weighted by atomic mass is 9.97.